The fourth-order valence-electron chi connectivity index (χ4n) is 4.01. The van der Waals surface area contributed by atoms with Gasteiger partial charge in [0.25, 0.3) is 0 Å². The van der Waals surface area contributed by atoms with Crippen LogP contribution in [0.1, 0.15) is 43.7 Å². The normalized spacial score (nSPS) is 26.8. The Morgan fingerprint density at radius 2 is 1.86 bits per heavy atom. The fourth-order valence-corrected chi connectivity index (χ4v) is 4.24. The van der Waals surface area contributed by atoms with Crippen LogP contribution >= 0.6 is 15.9 Å². The lowest BCUT2D eigenvalue weighted by molar-refractivity contribution is 0.111. The van der Waals surface area contributed by atoms with Gasteiger partial charge in [-0.05, 0) is 62.9 Å². The van der Waals surface area contributed by atoms with Crippen molar-refractivity contribution in [2.45, 2.75) is 58.5 Å². The van der Waals surface area contributed by atoms with Crippen molar-refractivity contribution >= 4 is 21.6 Å². The summed E-state index contributed by atoms with van der Waals surface area (Å²) in [6.45, 7) is 10.5. The van der Waals surface area contributed by atoms with E-state index in [2.05, 4.69) is 58.6 Å². The van der Waals surface area contributed by atoms with Gasteiger partial charge in [-0.1, -0.05) is 29.3 Å². The van der Waals surface area contributed by atoms with Gasteiger partial charge in [0.05, 0.1) is 0 Å². The maximum atomic E-state index is 3.70. The van der Waals surface area contributed by atoms with Gasteiger partial charge in [-0.25, -0.2) is 0 Å². The minimum absolute atomic E-state index is 0.666. The molecule has 0 N–H and O–H groups in total. The first-order valence-corrected chi connectivity index (χ1v) is 9.17. The zero-order chi connectivity index (χ0) is 15.0. The number of nitrogens with zero attached hydrogens (tertiary/aromatic N) is 2. The van der Waals surface area contributed by atoms with Crippen LogP contribution in [0.4, 0.5) is 5.69 Å². The van der Waals surface area contributed by atoms with E-state index in [9.17, 15) is 0 Å². The van der Waals surface area contributed by atoms with E-state index in [1.807, 2.05) is 0 Å². The molecule has 0 aromatic heterocycles. The molecule has 3 rings (SSSR count). The van der Waals surface area contributed by atoms with Crippen molar-refractivity contribution in [3.63, 3.8) is 0 Å². The Kier molecular flexibility index (Phi) is 4.60. The van der Waals surface area contributed by atoms with Crippen LogP contribution in [0.5, 0.6) is 0 Å². The molecule has 116 valence electrons. The zero-order valence-corrected chi connectivity index (χ0v) is 15.1. The van der Waals surface area contributed by atoms with Crippen LogP contribution in [-0.2, 0) is 0 Å². The molecule has 0 amide bonds. The highest BCUT2D eigenvalue weighted by Crippen LogP contribution is 2.33. The highest BCUT2D eigenvalue weighted by Gasteiger charge is 2.34. The lowest BCUT2D eigenvalue weighted by atomic mass is 9.95. The number of hydrogen-bond acceptors (Lipinski definition) is 2. The van der Waals surface area contributed by atoms with Crippen LogP contribution in [-0.4, -0.2) is 36.6 Å². The van der Waals surface area contributed by atoms with Gasteiger partial charge < -0.3 is 4.90 Å². The van der Waals surface area contributed by atoms with E-state index in [0.717, 1.165) is 6.04 Å². The van der Waals surface area contributed by atoms with Crippen LogP contribution in [0.25, 0.3) is 0 Å². The summed E-state index contributed by atoms with van der Waals surface area (Å²) < 4.78 is 1.26. The summed E-state index contributed by atoms with van der Waals surface area (Å²) in [5, 5.41) is 0. The molecule has 2 heterocycles. The third-order valence-electron chi connectivity index (χ3n) is 5.27. The summed E-state index contributed by atoms with van der Waals surface area (Å²) in [5.74, 6) is 0. The van der Waals surface area contributed by atoms with E-state index in [0.29, 0.717) is 6.04 Å². The van der Waals surface area contributed by atoms with Gasteiger partial charge in [0.15, 0.2) is 0 Å². The Hall–Kier alpha value is -0.540. The number of anilines is 1. The lowest BCUT2D eigenvalue weighted by Gasteiger charge is -2.49. The first-order chi connectivity index (χ1) is 10.1. The average Bonchev–Trinajstić information content (AvgIpc) is 2.50. The van der Waals surface area contributed by atoms with Crippen molar-refractivity contribution in [2.24, 2.45) is 0 Å². The summed E-state index contributed by atoms with van der Waals surface area (Å²) >= 11 is 3.70. The van der Waals surface area contributed by atoms with Crippen LogP contribution < -0.4 is 4.90 Å². The van der Waals surface area contributed by atoms with Crippen molar-refractivity contribution < 1.29 is 0 Å². The van der Waals surface area contributed by atoms with Gasteiger partial charge in [0.1, 0.15) is 0 Å². The number of rotatable bonds is 2. The van der Waals surface area contributed by atoms with Crippen molar-refractivity contribution in [3.8, 4) is 0 Å². The van der Waals surface area contributed by atoms with Crippen molar-refractivity contribution in [3.05, 3.63) is 27.7 Å². The summed E-state index contributed by atoms with van der Waals surface area (Å²) in [6.07, 6.45) is 5.41. The Morgan fingerprint density at radius 1 is 1.14 bits per heavy atom. The van der Waals surface area contributed by atoms with Gasteiger partial charge in [-0.15, -0.1) is 0 Å². The molecule has 1 aromatic carbocycles. The van der Waals surface area contributed by atoms with E-state index in [1.165, 1.54) is 66.6 Å². The van der Waals surface area contributed by atoms with Gasteiger partial charge >= 0.3 is 0 Å². The van der Waals surface area contributed by atoms with E-state index >= 15 is 0 Å². The van der Waals surface area contributed by atoms with Crippen molar-refractivity contribution in [2.75, 3.05) is 24.5 Å². The summed E-state index contributed by atoms with van der Waals surface area (Å²) in [4.78, 5) is 5.42. The SMILES string of the molecule is CCC1CN2CCCCC2CN1c1cc(C)c(Br)c(C)c1. The number of piperazine rings is 1. The molecule has 2 aliphatic rings. The predicted octanol–water partition coefficient (Wildman–Crippen LogP) is 4.52. The molecule has 0 spiro atoms. The largest absolute Gasteiger partial charge is 0.366 e. The summed E-state index contributed by atoms with van der Waals surface area (Å²) in [5.41, 5.74) is 4.13. The van der Waals surface area contributed by atoms with Gasteiger partial charge in [0.2, 0.25) is 0 Å². The molecule has 2 atom stereocenters. The molecular weight excluding hydrogens is 324 g/mol. The lowest BCUT2D eigenvalue weighted by Crippen LogP contribution is -2.59. The third kappa shape index (κ3) is 3.00. The van der Waals surface area contributed by atoms with Crippen molar-refractivity contribution in [1.29, 1.82) is 0 Å². The van der Waals surface area contributed by atoms with Crippen LogP contribution in [0.15, 0.2) is 16.6 Å². The fraction of sp³-hybridized carbons (Fsp3) is 0.667. The number of benzene rings is 1. The van der Waals surface area contributed by atoms with Crippen LogP contribution in [0, 0.1) is 13.8 Å². The molecule has 0 aliphatic carbocycles. The van der Waals surface area contributed by atoms with Gasteiger partial charge in [-0.3, -0.25) is 4.90 Å². The van der Waals surface area contributed by atoms with Crippen molar-refractivity contribution in [1.82, 2.24) is 4.90 Å². The maximum Gasteiger partial charge on any atom is 0.0415 e. The molecule has 21 heavy (non-hydrogen) atoms. The van der Waals surface area contributed by atoms with Gasteiger partial charge in [-0.2, -0.15) is 0 Å². The van der Waals surface area contributed by atoms with E-state index in [1.54, 1.807) is 0 Å². The highest BCUT2D eigenvalue weighted by molar-refractivity contribution is 9.10. The first kappa shape index (κ1) is 15.4. The molecule has 0 saturated carbocycles. The molecule has 2 nitrogen and oxygen atoms in total. The highest BCUT2D eigenvalue weighted by atomic mass is 79.9. The van der Waals surface area contributed by atoms with Gasteiger partial charge in [0, 0.05) is 35.3 Å². The molecular formula is C18H27BrN2. The quantitative estimate of drug-likeness (QED) is 0.773. The summed E-state index contributed by atoms with van der Waals surface area (Å²) in [7, 11) is 0. The average molecular weight is 351 g/mol. The molecule has 1 aromatic rings. The Morgan fingerprint density at radius 3 is 2.52 bits per heavy atom. The van der Waals surface area contributed by atoms with E-state index in [4.69, 9.17) is 0 Å². The Bertz CT molecular complexity index is 491. The predicted molar refractivity (Wildman–Crippen MR) is 94.3 cm³/mol. The smallest absolute Gasteiger partial charge is 0.0415 e. The third-order valence-corrected chi connectivity index (χ3v) is 6.52. The second kappa shape index (κ2) is 6.29. The topological polar surface area (TPSA) is 6.48 Å². The molecule has 2 unspecified atom stereocenters. The molecule has 3 heteroatoms. The molecule has 2 aliphatic heterocycles. The molecule has 0 bridgehead atoms. The molecule has 2 fully saturated rings. The van der Waals surface area contributed by atoms with E-state index < -0.39 is 0 Å². The van der Waals surface area contributed by atoms with E-state index in [-0.39, 0.29) is 0 Å². The van der Waals surface area contributed by atoms with Crippen LogP contribution in [0.3, 0.4) is 0 Å². The first-order valence-electron chi connectivity index (χ1n) is 8.37. The minimum Gasteiger partial charge on any atom is -0.366 e. The standard InChI is InChI=1S/C18H27BrN2/c1-4-15-11-20-8-6-5-7-16(20)12-21(15)17-9-13(2)18(19)14(3)10-17/h9-10,15-16H,4-8,11-12H2,1-3H3. The molecule has 0 radical (unpaired) electrons. The second-order valence-electron chi connectivity index (χ2n) is 6.75. The molecule has 2 saturated heterocycles. The minimum atomic E-state index is 0.666. The number of halogens is 1. The number of aryl methyl sites for hydroxylation is 2. The summed E-state index contributed by atoms with van der Waals surface area (Å²) in [6, 6.07) is 6.15. The maximum absolute atomic E-state index is 3.70. The number of fused-ring (bicyclic) bond motifs is 1. The Labute approximate surface area is 137 Å². The number of piperidine rings is 1. The number of hydrogen-bond donors (Lipinski definition) is 0. The zero-order valence-electron chi connectivity index (χ0n) is 13.5. The van der Waals surface area contributed by atoms with Crippen LogP contribution in [0.2, 0.25) is 0 Å². The monoisotopic (exact) mass is 350 g/mol. The Balaban J connectivity index is 1.88. The second-order valence-corrected chi connectivity index (χ2v) is 7.55.